The van der Waals surface area contributed by atoms with Crippen molar-refractivity contribution >= 4 is 137 Å². The van der Waals surface area contributed by atoms with Gasteiger partial charge in [0.1, 0.15) is 22.9 Å². The van der Waals surface area contributed by atoms with Crippen molar-refractivity contribution in [3.8, 4) is 5.75 Å². The minimum atomic E-state index is -0.548. The summed E-state index contributed by atoms with van der Waals surface area (Å²) in [6, 6.07) is 29.0. The van der Waals surface area contributed by atoms with Crippen LogP contribution in [-0.2, 0) is 30.4 Å². The Morgan fingerprint density at radius 1 is 0.815 bits per heavy atom. The van der Waals surface area contributed by atoms with Gasteiger partial charge in [-0.05, 0) is 74.0 Å². The van der Waals surface area contributed by atoms with Crippen molar-refractivity contribution in [2.24, 2.45) is 0 Å². The first-order valence-corrected chi connectivity index (χ1v) is 24.9. The third-order valence-electron chi connectivity index (χ3n) is 10.5. The molecule has 0 saturated heterocycles. The van der Waals surface area contributed by atoms with Gasteiger partial charge >= 0.3 is 23.5 Å². The molecule has 0 spiro atoms. The summed E-state index contributed by atoms with van der Waals surface area (Å²) >= 11 is 5.60. The molecular formula is C49H52I2N5O8S+. The molecule has 0 amide bonds. The van der Waals surface area contributed by atoms with E-state index in [-0.39, 0.29) is 23.5 Å². The number of anilines is 4. The largest absolute Gasteiger partial charge is 0.463 e. The first-order valence-electron chi connectivity index (χ1n) is 21.1. The number of rotatable bonds is 17. The van der Waals surface area contributed by atoms with E-state index >= 15 is 0 Å². The Kier molecular flexibility index (Phi) is 17.8. The number of carbonyl (C=O) groups is 3. The van der Waals surface area contributed by atoms with E-state index in [1.807, 2.05) is 167 Å². The van der Waals surface area contributed by atoms with Gasteiger partial charge in [0.2, 0.25) is 5.52 Å². The fourth-order valence-corrected chi connectivity index (χ4v) is 8.44. The summed E-state index contributed by atoms with van der Waals surface area (Å²) in [6.07, 6.45) is 7.41. The van der Waals surface area contributed by atoms with Gasteiger partial charge in [0.15, 0.2) is 18.9 Å². The molecule has 1 atom stereocenters. The predicted octanol–water partition coefficient (Wildman–Crippen LogP) is 8.87. The zero-order valence-corrected chi connectivity index (χ0v) is 42.1. The number of nitrogens with one attached hydrogen (secondary N) is 1. The number of esters is 3. The predicted molar refractivity (Wildman–Crippen MR) is 279 cm³/mol. The highest BCUT2D eigenvalue weighted by atomic mass is 127. The number of hydrogen-bond donors (Lipinski definition) is 1. The molecule has 2 aromatic heterocycles. The van der Waals surface area contributed by atoms with E-state index in [4.69, 9.17) is 18.6 Å². The van der Waals surface area contributed by atoms with E-state index in [0.717, 1.165) is 62.0 Å². The summed E-state index contributed by atoms with van der Waals surface area (Å²) in [5, 5.41) is 5.06. The number of carbonyl (C=O) groups excluding carboxylic acids is 3. The normalized spacial score (nSPS) is 13.2. The zero-order chi connectivity index (χ0) is 46.5. The lowest BCUT2D eigenvalue weighted by molar-refractivity contribution is -0.669. The van der Waals surface area contributed by atoms with Crippen LogP contribution >= 0.6 is 56.5 Å². The van der Waals surface area contributed by atoms with Crippen LogP contribution in [0.25, 0.3) is 39.4 Å². The quantitative estimate of drug-likeness (QED) is 0.0234. The molecule has 1 aliphatic heterocycles. The van der Waals surface area contributed by atoms with Crippen LogP contribution in [0.15, 0.2) is 106 Å². The minimum Gasteiger partial charge on any atom is -0.463 e. The smallest absolute Gasteiger partial charge is 0.343 e. The number of aromatic nitrogens is 1. The molecule has 0 bridgehead atoms. The highest BCUT2D eigenvalue weighted by molar-refractivity contribution is 14.1. The number of likely N-dealkylation sites (N-methyl/N-ethyl adjacent to an activating group) is 1. The van der Waals surface area contributed by atoms with Crippen molar-refractivity contribution in [2.75, 3.05) is 82.9 Å². The van der Waals surface area contributed by atoms with E-state index < -0.39 is 6.04 Å². The molecule has 7 rings (SSSR count). The molecule has 6 aromatic rings. The van der Waals surface area contributed by atoms with Crippen LogP contribution < -0.4 is 34.9 Å². The van der Waals surface area contributed by atoms with Crippen LogP contribution in [0.5, 0.6) is 5.75 Å². The fourth-order valence-electron chi connectivity index (χ4n) is 6.90. The lowest BCUT2D eigenvalue weighted by Gasteiger charge is -2.25. The molecule has 0 fully saturated rings. The second-order valence-electron chi connectivity index (χ2n) is 15.0. The lowest BCUT2D eigenvalue weighted by Crippen LogP contribution is -2.37. The lowest BCUT2D eigenvalue weighted by atomic mass is 10.1. The van der Waals surface area contributed by atoms with Gasteiger partial charge < -0.3 is 38.6 Å². The monoisotopic (exact) mass is 1120 g/mol. The van der Waals surface area contributed by atoms with E-state index in [2.05, 4.69) is 40.8 Å². The number of alkyl halides is 2. The summed E-state index contributed by atoms with van der Waals surface area (Å²) in [7, 11) is 5.83. The maximum Gasteiger partial charge on any atom is 0.343 e. The van der Waals surface area contributed by atoms with Crippen LogP contribution in [0.2, 0.25) is 0 Å². The van der Waals surface area contributed by atoms with Crippen LogP contribution in [-0.4, -0.2) is 86.8 Å². The number of halogens is 2. The molecule has 13 nitrogen and oxygen atoms in total. The molecule has 0 radical (unpaired) electrons. The second-order valence-corrected chi connectivity index (χ2v) is 17.6. The Hall–Kier alpha value is -5.47. The van der Waals surface area contributed by atoms with Crippen LogP contribution in [0, 0.1) is 0 Å². The highest BCUT2D eigenvalue weighted by Crippen LogP contribution is 2.33. The number of para-hydroxylation sites is 1. The molecule has 3 heterocycles. The van der Waals surface area contributed by atoms with Gasteiger partial charge in [-0.2, -0.15) is 4.57 Å². The minimum absolute atomic E-state index is 0.204. The van der Waals surface area contributed by atoms with Crippen LogP contribution in [0.4, 0.5) is 22.7 Å². The highest BCUT2D eigenvalue weighted by Gasteiger charge is 2.26. The number of thiazole rings is 1. The van der Waals surface area contributed by atoms with Gasteiger partial charge in [0.25, 0.3) is 5.01 Å². The fraction of sp³-hybridized carbons (Fsp3) is 0.286. The molecule has 65 heavy (non-hydrogen) atoms. The molecule has 0 aliphatic carbocycles. The number of ether oxygens (including phenoxy) is 3. The van der Waals surface area contributed by atoms with Crippen LogP contribution in [0.1, 0.15) is 30.0 Å². The summed E-state index contributed by atoms with van der Waals surface area (Å²) in [5.41, 5.74) is 6.55. The molecule has 340 valence electrons. The summed E-state index contributed by atoms with van der Waals surface area (Å²) in [4.78, 5) is 54.0. The standard InChI is InChI=1S/C26H26IN2O4S.C23H26IN3O4/c1-3-28(4-2)20-11-9-18-15-19(26(31)33-22(18)16-20)10-12-24-29(13-14-32-25(30)17-27)21-7-5-6-8-23(21)34-24;1-26(2)18-9-11-19-21(14-18)31-23(29)20(25-19)10-6-16-4-7-17(8-5-16)27(3)12-13-30-22(28)15-24/h5-12,15-16H,3-4,13-14,17H2,1-2H3;4-11,14,20,25H,12-13,15H2,1-3H3/q+1;/b;10-6+. The molecule has 1 unspecified atom stereocenters. The summed E-state index contributed by atoms with van der Waals surface area (Å²) < 4.78 is 25.5. The van der Waals surface area contributed by atoms with Crippen molar-refractivity contribution in [3.63, 3.8) is 0 Å². The average molecular weight is 1120 g/mol. The zero-order valence-electron chi connectivity index (χ0n) is 36.9. The Bertz CT molecular complexity index is 2730. The Labute approximate surface area is 409 Å². The molecule has 0 saturated carbocycles. The first kappa shape index (κ1) is 49.0. The molecule has 1 aliphatic rings. The number of nitrogens with zero attached hydrogens (tertiary/aromatic N) is 4. The first-order chi connectivity index (χ1) is 31.4. The third-order valence-corrected chi connectivity index (χ3v) is 12.9. The number of hydrogen-bond acceptors (Lipinski definition) is 13. The van der Waals surface area contributed by atoms with E-state index in [1.54, 1.807) is 23.5 Å². The molecule has 16 heteroatoms. The Balaban J connectivity index is 0.000000216. The number of benzene rings is 4. The number of fused-ring (bicyclic) bond motifs is 3. The van der Waals surface area contributed by atoms with Gasteiger partial charge in [-0.1, -0.05) is 92.9 Å². The molecule has 4 aromatic carbocycles. The Morgan fingerprint density at radius 2 is 1.51 bits per heavy atom. The maximum atomic E-state index is 12.7. The Morgan fingerprint density at radius 3 is 2.22 bits per heavy atom. The van der Waals surface area contributed by atoms with Gasteiger partial charge in [-0.25, -0.2) is 9.59 Å². The van der Waals surface area contributed by atoms with Crippen molar-refractivity contribution in [2.45, 2.75) is 26.4 Å². The van der Waals surface area contributed by atoms with Gasteiger partial charge in [-0.3, -0.25) is 9.59 Å². The van der Waals surface area contributed by atoms with E-state index in [0.29, 0.717) is 52.1 Å². The van der Waals surface area contributed by atoms with E-state index in [1.165, 1.54) is 0 Å². The van der Waals surface area contributed by atoms with E-state index in [9.17, 15) is 19.2 Å². The molecule has 1 N–H and O–H groups in total. The van der Waals surface area contributed by atoms with Gasteiger partial charge in [0.05, 0.1) is 26.7 Å². The summed E-state index contributed by atoms with van der Waals surface area (Å²) in [6.45, 7) is 7.78. The maximum absolute atomic E-state index is 12.7. The third kappa shape index (κ3) is 13.1. The average Bonchev–Trinajstić information content (AvgIpc) is 3.67. The van der Waals surface area contributed by atoms with Crippen molar-refractivity contribution in [3.05, 3.63) is 124 Å². The van der Waals surface area contributed by atoms with Crippen molar-refractivity contribution in [1.29, 1.82) is 0 Å². The van der Waals surface area contributed by atoms with Crippen LogP contribution in [0.3, 0.4) is 0 Å². The van der Waals surface area contributed by atoms with Gasteiger partial charge in [0, 0.05) is 81.0 Å². The van der Waals surface area contributed by atoms with Crippen molar-refractivity contribution in [1.82, 2.24) is 0 Å². The van der Waals surface area contributed by atoms with Gasteiger partial charge in [-0.15, -0.1) is 0 Å². The second kappa shape index (κ2) is 23.6. The summed E-state index contributed by atoms with van der Waals surface area (Å²) in [5.74, 6) is -0.227. The SMILES string of the molecule is CCN(CC)c1ccc2cc(/C=C/c3sc4ccccc4[n+]3CCOC(=O)CI)c(=O)oc2c1.CN(C)c1ccc2c(c1)OC(=O)C(/C=C/c1ccc(N(C)CCOC(=O)CI)cc1)N2. The van der Waals surface area contributed by atoms with Crippen molar-refractivity contribution < 1.29 is 37.6 Å². The topological polar surface area (TPSA) is 135 Å². The molecular weight excluding hydrogens is 1070 g/mol.